The summed E-state index contributed by atoms with van der Waals surface area (Å²) in [5, 5.41) is 0. The maximum atomic E-state index is 8.70. The molecule has 0 spiro atoms. The van der Waals surface area contributed by atoms with Gasteiger partial charge in [-0.05, 0) is 0 Å². The maximum absolute atomic E-state index is 8.70. The molecule has 5 nitrogen and oxygen atoms in total. The molecule has 0 aromatic heterocycles. The highest BCUT2D eigenvalue weighted by atomic mass is 31.1. The number of hydrogen-bond acceptors (Lipinski definition) is 3. The molecular formula is H10F2N2O3P+. The van der Waals surface area contributed by atoms with Gasteiger partial charge in [-0.1, -0.05) is 0 Å². The molecule has 0 aliphatic heterocycles. The summed E-state index contributed by atoms with van der Waals surface area (Å²) in [6.07, 6.45) is 0. The molecule has 0 aromatic carbocycles. The van der Waals surface area contributed by atoms with Gasteiger partial charge in [0.15, 0.2) is 0 Å². The fourth-order valence-electron chi connectivity index (χ4n) is 0. The van der Waals surface area contributed by atoms with E-state index in [1.165, 1.54) is 0 Å². The highest BCUT2D eigenvalue weighted by molar-refractivity contribution is 7.30. The van der Waals surface area contributed by atoms with Crippen molar-refractivity contribution in [3.63, 3.8) is 0 Å². The standard InChI is InChI=1S/2FH.2H3N.HO3P/c;;;;1-4(2)3/h2*1H;2*1H3;(H-,1,2,3)/p+1. The van der Waals surface area contributed by atoms with Gasteiger partial charge in [0, 0.05) is 4.57 Å². The van der Waals surface area contributed by atoms with Crippen molar-refractivity contribution in [3.8, 4) is 0 Å². The van der Waals surface area contributed by atoms with Crippen molar-refractivity contribution in [2.24, 2.45) is 0 Å². The summed E-state index contributed by atoms with van der Waals surface area (Å²) in [6, 6.07) is 0. The van der Waals surface area contributed by atoms with Gasteiger partial charge in [-0.15, -0.1) is 9.79 Å². The van der Waals surface area contributed by atoms with Gasteiger partial charge in [0.25, 0.3) is 0 Å². The molecular weight excluding hydrogens is 145 g/mol. The molecule has 0 aliphatic rings. The van der Waals surface area contributed by atoms with E-state index in [-0.39, 0.29) is 21.7 Å². The van der Waals surface area contributed by atoms with Gasteiger partial charge in [-0.25, -0.2) is 0 Å². The third-order valence-corrected chi connectivity index (χ3v) is 0. The van der Waals surface area contributed by atoms with Gasteiger partial charge in [0.2, 0.25) is 0 Å². The van der Waals surface area contributed by atoms with Gasteiger partial charge in [0.05, 0.1) is 0 Å². The van der Waals surface area contributed by atoms with E-state index in [1.54, 1.807) is 0 Å². The minimum atomic E-state index is -2.87. The van der Waals surface area contributed by atoms with Gasteiger partial charge in [-0.3, -0.25) is 9.41 Å². The summed E-state index contributed by atoms with van der Waals surface area (Å²) < 4.78 is 8.70. The van der Waals surface area contributed by atoms with Crippen molar-refractivity contribution in [2.45, 2.75) is 0 Å². The lowest BCUT2D eigenvalue weighted by molar-refractivity contribution is 0.405. The van der Waals surface area contributed by atoms with E-state index in [2.05, 4.69) is 0 Å². The van der Waals surface area contributed by atoms with Crippen LogP contribution in [0.4, 0.5) is 9.41 Å². The minimum absolute atomic E-state index is 0. The Balaban J connectivity index is -0.00000000750. The summed E-state index contributed by atoms with van der Waals surface area (Å²) in [5.74, 6) is 0. The second kappa shape index (κ2) is 29.2. The van der Waals surface area contributed by atoms with Crippen molar-refractivity contribution in [1.29, 1.82) is 0 Å². The summed E-state index contributed by atoms with van der Waals surface area (Å²) in [6.45, 7) is 0. The zero-order valence-electron chi connectivity index (χ0n) is 3.98. The van der Waals surface area contributed by atoms with E-state index < -0.39 is 8.25 Å². The lowest BCUT2D eigenvalue weighted by atomic mass is 14.0. The van der Waals surface area contributed by atoms with Crippen molar-refractivity contribution in [2.75, 3.05) is 0 Å². The molecule has 8 N–H and O–H groups in total. The average molecular weight is 155 g/mol. The third kappa shape index (κ3) is 3340. The zero-order chi connectivity index (χ0) is 3.58. The van der Waals surface area contributed by atoms with Crippen LogP contribution in [0.2, 0.25) is 0 Å². The van der Waals surface area contributed by atoms with Crippen LogP contribution in [0.1, 0.15) is 0 Å². The first-order valence-corrected chi connectivity index (χ1v) is 1.75. The highest BCUT2D eigenvalue weighted by Crippen LogP contribution is 1.98. The second-order valence-corrected chi connectivity index (χ2v) is 0.758. The van der Waals surface area contributed by atoms with Crippen LogP contribution in [0.5, 0.6) is 0 Å². The molecule has 8 heavy (non-hydrogen) atoms. The molecule has 0 rings (SSSR count). The molecule has 0 saturated carbocycles. The molecule has 8 heteroatoms. The van der Waals surface area contributed by atoms with Gasteiger partial charge in [0.1, 0.15) is 0 Å². The minimum Gasteiger partial charge on any atom is -0.344 e. The normalized spacial score (nSPS) is 3.25. The van der Waals surface area contributed by atoms with Crippen molar-refractivity contribution >= 4 is 8.25 Å². The molecule has 0 radical (unpaired) electrons. The highest BCUT2D eigenvalue weighted by Gasteiger charge is 1.93. The van der Waals surface area contributed by atoms with Crippen molar-refractivity contribution in [3.05, 3.63) is 0 Å². The number of hydrogen-bond donors (Lipinski definition) is 4. The SMILES string of the molecule is F.F.N.N.O=[P+](O)O. The number of rotatable bonds is 0. The lowest BCUT2D eigenvalue weighted by Crippen LogP contribution is -1.38. The first kappa shape index (κ1) is 46.0. The largest absolute Gasteiger partial charge is 0.692 e. The third-order valence-electron chi connectivity index (χ3n) is 0. The molecule has 0 fully saturated rings. The van der Waals surface area contributed by atoms with Crippen LogP contribution in [0.3, 0.4) is 0 Å². The molecule has 0 aromatic rings. The summed E-state index contributed by atoms with van der Waals surface area (Å²) >= 11 is 0. The molecule has 0 amide bonds. The quantitative estimate of drug-likeness (QED) is 0.373. The van der Waals surface area contributed by atoms with Crippen LogP contribution in [-0.4, -0.2) is 9.79 Å². The van der Waals surface area contributed by atoms with E-state index in [0.29, 0.717) is 0 Å². The molecule has 0 atom stereocenters. The Kier molecular flexibility index (Phi) is 168. The Labute approximate surface area is 45.6 Å². The van der Waals surface area contributed by atoms with E-state index in [0.717, 1.165) is 0 Å². The van der Waals surface area contributed by atoms with Crippen molar-refractivity contribution in [1.82, 2.24) is 12.3 Å². The molecule has 0 unspecified atom stereocenters. The fraction of sp³-hybridized carbons (Fsp3) is 0. The van der Waals surface area contributed by atoms with Crippen LogP contribution >= 0.6 is 8.25 Å². The van der Waals surface area contributed by atoms with Gasteiger partial charge in [-0.2, -0.15) is 0 Å². The van der Waals surface area contributed by atoms with E-state index in [1.807, 2.05) is 0 Å². The van der Waals surface area contributed by atoms with Crippen molar-refractivity contribution < 1.29 is 23.8 Å². The van der Waals surface area contributed by atoms with Gasteiger partial charge < -0.3 is 12.3 Å². The smallest absolute Gasteiger partial charge is 0.344 e. The summed E-state index contributed by atoms with van der Waals surface area (Å²) in [4.78, 5) is 14.2. The Morgan fingerprint density at radius 1 is 1.00 bits per heavy atom. The Bertz CT molecular complexity index is 38.3. The monoisotopic (exact) mass is 155 g/mol. The van der Waals surface area contributed by atoms with Crippen LogP contribution in [-0.2, 0) is 4.57 Å². The average Bonchev–Trinajstić information content (AvgIpc) is 0.811. The van der Waals surface area contributed by atoms with E-state index in [9.17, 15) is 0 Å². The van der Waals surface area contributed by atoms with Crippen LogP contribution in [0.25, 0.3) is 0 Å². The van der Waals surface area contributed by atoms with Crippen LogP contribution in [0, 0.1) is 0 Å². The second-order valence-electron chi connectivity index (χ2n) is 0.253. The predicted octanol–water partition coefficient (Wildman–Crippen LogP) is 0.257. The van der Waals surface area contributed by atoms with Gasteiger partial charge >= 0.3 is 8.25 Å². The molecule has 0 aliphatic carbocycles. The first-order valence-electron chi connectivity index (χ1n) is 0.583. The molecule has 0 bridgehead atoms. The molecule has 56 valence electrons. The van der Waals surface area contributed by atoms with Crippen LogP contribution in [0.15, 0.2) is 0 Å². The zero-order valence-corrected chi connectivity index (χ0v) is 4.88. The molecule has 0 heterocycles. The van der Waals surface area contributed by atoms with Crippen LogP contribution < -0.4 is 12.3 Å². The number of halogens is 2. The predicted molar refractivity (Wildman–Crippen MR) is 27.1 cm³/mol. The Morgan fingerprint density at radius 2 is 1.00 bits per heavy atom. The fourth-order valence-corrected chi connectivity index (χ4v) is 0. The lowest BCUT2D eigenvalue weighted by Gasteiger charge is -1.34. The Hall–Kier alpha value is -0.200. The van der Waals surface area contributed by atoms with E-state index in [4.69, 9.17) is 14.4 Å². The maximum Gasteiger partial charge on any atom is 0.692 e. The molecule has 0 saturated heterocycles. The summed E-state index contributed by atoms with van der Waals surface area (Å²) in [7, 11) is -2.87. The van der Waals surface area contributed by atoms with E-state index >= 15 is 0 Å². The first-order chi connectivity index (χ1) is 1.73. The topological polar surface area (TPSA) is 128 Å². The summed E-state index contributed by atoms with van der Waals surface area (Å²) in [5.41, 5.74) is 0. The Morgan fingerprint density at radius 3 is 1.00 bits per heavy atom.